The predicted octanol–water partition coefficient (Wildman–Crippen LogP) is 3.85. The molecule has 0 aliphatic rings. The number of rotatable bonds is 7. The van der Waals surface area contributed by atoms with E-state index in [0.29, 0.717) is 5.95 Å². The monoisotopic (exact) mass is 308 g/mol. The molecule has 1 atom stereocenters. The van der Waals surface area contributed by atoms with Crippen LogP contribution in [0.4, 0.5) is 16.2 Å². The maximum atomic E-state index is 13.8. The molecular formula is C15H21FN4S. The van der Waals surface area contributed by atoms with E-state index in [4.69, 9.17) is 0 Å². The molecule has 6 heteroatoms. The van der Waals surface area contributed by atoms with Crippen molar-refractivity contribution in [2.75, 3.05) is 17.2 Å². The lowest BCUT2D eigenvalue weighted by atomic mass is 10.2. The van der Waals surface area contributed by atoms with Gasteiger partial charge in [0.1, 0.15) is 0 Å². The second-order valence-electron chi connectivity index (χ2n) is 5.08. The summed E-state index contributed by atoms with van der Waals surface area (Å²) in [5, 5.41) is 6.19. The number of anilines is 2. The zero-order valence-electron chi connectivity index (χ0n) is 12.6. The fraction of sp³-hybridized carbons (Fsp3) is 0.467. The van der Waals surface area contributed by atoms with E-state index in [9.17, 15) is 4.39 Å². The highest BCUT2D eigenvalue weighted by Crippen LogP contribution is 2.19. The standard InChI is InChI=1S/C15H21FN4S/c1-4-7-17-15-18-9-13(16)14(20-15)19-10(2)8-12-6-5-11(3)21-12/h5-6,9-10H,4,7-8H2,1-3H3,(H2,17,18,19,20). The summed E-state index contributed by atoms with van der Waals surface area (Å²) in [6.07, 6.45) is 3.02. The Morgan fingerprint density at radius 2 is 2.19 bits per heavy atom. The summed E-state index contributed by atoms with van der Waals surface area (Å²) >= 11 is 1.77. The first kappa shape index (κ1) is 15.7. The molecule has 2 aromatic heterocycles. The smallest absolute Gasteiger partial charge is 0.224 e. The van der Waals surface area contributed by atoms with Gasteiger partial charge in [-0.15, -0.1) is 11.3 Å². The largest absolute Gasteiger partial charge is 0.365 e. The van der Waals surface area contributed by atoms with Crippen LogP contribution in [0.5, 0.6) is 0 Å². The van der Waals surface area contributed by atoms with Gasteiger partial charge >= 0.3 is 0 Å². The van der Waals surface area contributed by atoms with Gasteiger partial charge in [0, 0.05) is 28.8 Å². The molecule has 0 spiro atoms. The highest BCUT2D eigenvalue weighted by atomic mass is 32.1. The molecule has 21 heavy (non-hydrogen) atoms. The summed E-state index contributed by atoms with van der Waals surface area (Å²) in [7, 11) is 0. The van der Waals surface area contributed by atoms with Crippen LogP contribution in [-0.2, 0) is 6.42 Å². The molecule has 2 aromatic rings. The van der Waals surface area contributed by atoms with E-state index in [0.717, 1.165) is 19.4 Å². The third-order valence-electron chi connectivity index (χ3n) is 2.96. The van der Waals surface area contributed by atoms with Crippen molar-refractivity contribution in [3.8, 4) is 0 Å². The van der Waals surface area contributed by atoms with E-state index in [1.807, 2.05) is 6.92 Å². The number of thiophene rings is 1. The van der Waals surface area contributed by atoms with E-state index in [1.54, 1.807) is 11.3 Å². The minimum absolute atomic E-state index is 0.103. The zero-order chi connectivity index (χ0) is 15.2. The summed E-state index contributed by atoms with van der Waals surface area (Å²) in [4.78, 5) is 10.7. The number of halogens is 1. The summed E-state index contributed by atoms with van der Waals surface area (Å²) in [6, 6.07) is 4.32. The van der Waals surface area contributed by atoms with Crippen molar-refractivity contribution in [1.82, 2.24) is 9.97 Å². The van der Waals surface area contributed by atoms with Crippen molar-refractivity contribution in [2.24, 2.45) is 0 Å². The number of aryl methyl sites for hydroxylation is 1. The SMILES string of the molecule is CCCNc1ncc(F)c(NC(C)Cc2ccc(C)s2)n1. The minimum atomic E-state index is -0.425. The fourth-order valence-electron chi connectivity index (χ4n) is 1.97. The first-order valence-corrected chi connectivity index (χ1v) is 7.98. The third kappa shape index (κ3) is 4.67. The van der Waals surface area contributed by atoms with Crippen LogP contribution in [0, 0.1) is 12.7 Å². The van der Waals surface area contributed by atoms with Gasteiger partial charge in [-0.2, -0.15) is 4.98 Å². The molecule has 2 heterocycles. The van der Waals surface area contributed by atoms with Gasteiger partial charge in [-0.25, -0.2) is 9.37 Å². The van der Waals surface area contributed by atoms with Gasteiger partial charge < -0.3 is 10.6 Å². The molecule has 0 amide bonds. The molecule has 4 nitrogen and oxygen atoms in total. The van der Waals surface area contributed by atoms with Gasteiger partial charge in [0.05, 0.1) is 6.20 Å². The average Bonchev–Trinajstić information content (AvgIpc) is 2.84. The molecule has 0 aliphatic carbocycles. The maximum Gasteiger partial charge on any atom is 0.224 e. The Kier molecular flexibility index (Phi) is 5.50. The topological polar surface area (TPSA) is 49.8 Å². The van der Waals surface area contributed by atoms with Crippen LogP contribution < -0.4 is 10.6 Å². The van der Waals surface area contributed by atoms with Crippen molar-refractivity contribution in [2.45, 2.75) is 39.7 Å². The van der Waals surface area contributed by atoms with Crippen LogP contribution >= 0.6 is 11.3 Å². The Balaban J connectivity index is 2.00. The Morgan fingerprint density at radius 3 is 2.86 bits per heavy atom. The van der Waals surface area contributed by atoms with E-state index < -0.39 is 5.82 Å². The number of nitrogens with one attached hydrogen (secondary N) is 2. The van der Waals surface area contributed by atoms with Crippen LogP contribution in [0.1, 0.15) is 30.0 Å². The van der Waals surface area contributed by atoms with Gasteiger partial charge in [0.25, 0.3) is 0 Å². The molecule has 0 saturated heterocycles. The molecule has 0 saturated carbocycles. The number of hydrogen-bond acceptors (Lipinski definition) is 5. The molecule has 0 aromatic carbocycles. The lowest BCUT2D eigenvalue weighted by Gasteiger charge is -2.15. The lowest BCUT2D eigenvalue weighted by molar-refractivity contribution is 0.612. The predicted molar refractivity (Wildman–Crippen MR) is 86.6 cm³/mol. The van der Waals surface area contributed by atoms with Gasteiger partial charge in [-0.05, 0) is 32.4 Å². The molecule has 2 N–H and O–H groups in total. The Hall–Kier alpha value is -1.69. The van der Waals surface area contributed by atoms with Crippen LogP contribution in [0.25, 0.3) is 0 Å². The molecule has 0 bridgehead atoms. The lowest BCUT2D eigenvalue weighted by Crippen LogP contribution is -2.20. The van der Waals surface area contributed by atoms with E-state index in [-0.39, 0.29) is 11.9 Å². The summed E-state index contributed by atoms with van der Waals surface area (Å²) in [6.45, 7) is 6.94. The summed E-state index contributed by atoms with van der Waals surface area (Å²) < 4.78 is 13.8. The van der Waals surface area contributed by atoms with Crippen molar-refractivity contribution in [3.63, 3.8) is 0 Å². The first-order chi connectivity index (χ1) is 10.1. The van der Waals surface area contributed by atoms with Crippen molar-refractivity contribution >= 4 is 23.1 Å². The maximum absolute atomic E-state index is 13.8. The van der Waals surface area contributed by atoms with Gasteiger partial charge in [0.2, 0.25) is 5.95 Å². The third-order valence-corrected chi connectivity index (χ3v) is 3.99. The molecule has 0 fully saturated rings. The molecule has 0 radical (unpaired) electrons. The first-order valence-electron chi connectivity index (χ1n) is 7.16. The van der Waals surface area contributed by atoms with E-state index in [1.165, 1.54) is 16.0 Å². The second-order valence-corrected chi connectivity index (χ2v) is 6.45. The van der Waals surface area contributed by atoms with Crippen LogP contribution in [0.15, 0.2) is 18.3 Å². The normalized spacial score (nSPS) is 12.2. The van der Waals surface area contributed by atoms with E-state index in [2.05, 4.69) is 46.6 Å². The molecule has 1 unspecified atom stereocenters. The minimum Gasteiger partial charge on any atom is -0.365 e. The molecule has 0 aliphatic heterocycles. The quantitative estimate of drug-likeness (QED) is 0.815. The Labute approximate surface area is 128 Å². The van der Waals surface area contributed by atoms with Gasteiger partial charge in [-0.3, -0.25) is 0 Å². The molecule has 114 valence electrons. The zero-order valence-corrected chi connectivity index (χ0v) is 13.4. The number of hydrogen-bond donors (Lipinski definition) is 2. The van der Waals surface area contributed by atoms with E-state index >= 15 is 0 Å². The van der Waals surface area contributed by atoms with Gasteiger partial charge in [0.15, 0.2) is 11.6 Å². The van der Waals surface area contributed by atoms with Crippen molar-refractivity contribution in [3.05, 3.63) is 33.9 Å². The van der Waals surface area contributed by atoms with Crippen molar-refractivity contribution in [1.29, 1.82) is 0 Å². The summed E-state index contributed by atoms with van der Waals surface area (Å²) in [5.74, 6) is 0.288. The number of aromatic nitrogens is 2. The van der Waals surface area contributed by atoms with Crippen LogP contribution in [0.3, 0.4) is 0 Å². The highest BCUT2D eigenvalue weighted by molar-refractivity contribution is 7.11. The Bertz CT molecular complexity index is 585. The van der Waals surface area contributed by atoms with Crippen LogP contribution in [0.2, 0.25) is 0 Å². The van der Waals surface area contributed by atoms with Gasteiger partial charge in [-0.1, -0.05) is 6.92 Å². The molecular weight excluding hydrogens is 287 g/mol. The van der Waals surface area contributed by atoms with Crippen LogP contribution in [-0.4, -0.2) is 22.6 Å². The van der Waals surface area contributed by atoms with Crippen molar-refractivity contribution < 1.29 is 4.39 Å². The second kappa shape index (κ2) is 7.36. The highest BCUT2D eigenvalue weighted by Gasteiger charge is 2.11. The number of nitrogens with zero attached hydrogens (tertiary/aromatic N) is 2. The Morgan fingerprint density at radius 1 is 1.38 bits per heavy atom. The summed E-state index contributed by atoms with van der Waals surface area (Å²) in [5.41, 5.74) is 0. The fourth-order valence-corrected chi connectivity index (χ4v) is 2.99. The molecule has 2 rings (SSSR count). The average molecular weight is 308 g/mol.